The fourth-order valence-corrected chi connectivity index (χ4v) is 4.48. The molecule has 0 spiro atoms. The molecule has 4 nitrogen and oxygen atoms in total. The highest BCUT2D eigenvalue weighted by Gasteiger charge is 2.37. The van der Waals surface area contributed by atoms with E-state index in [9.17, 15) is 31.1 Å². The highest BCUT2D eigenvalue weighted by atomic mass is 32.2. The molecule has 3 N–H and O–H groups in total. The molecule has 0 heterocycles. The minimum atomic E-state index is -4.51. The van der Waals surface area contributed by atoms with Crippen LogP contribution in [0.3, 0.4) is 0 Å². The second-order valence-electron chi connectivity index (χ2n) is 7.60. The first-order chi connectivity index (χ1) is 16.0. The smallest absolute Gasteiger partial charge is 0.397 e. The Labute approximate surface area is 196 Å². The summed E-state index contributed by atoms with van der Waals surface area (Å²) < 4.78 is 77.4. The molecule has 2 aromatic rings. The van der Waals surface area contributed by atoms with Crippen molar-refractivity contribution in [3.05, 3.63) is 71.2 Å². The number of nitrogens with one attached hydrogen (secondary N) is 1. The summed E-state index contributed by atoms with van der Waals surface area (Å²) >= 11 is 1.44. The molecule has 34 heavy (non-hydrogen) atoms. The molecule has 1 aliphatic rings. The molecule has 3 rings (SSSR count). The van der Waals surface area contributed by atoms with Crippen molar-refractivity contribution in [3.63, 3.8) is 0 Å². The Kier molecular flexibility index (Phi) is 8.29. The number of halogens is 6. The van der Waals surface area contributed by atoms with E-state index in [4.69, 9.17) is 5.73 Å². The summed E-state index contributed by atoms with van der Waals surface area (Å²) in [6.07, 6.45) is -5.11. The van der Waals surface area contributed by atoms with Gasteiger partial charge in [0, 0.05) is 28.5 Å². The predicted octanol–water partition coefficient (Wildman–Crippen LogP) is 5.71. The van der Waals surface area contributed by atoms with Crippen LogP contribution in [0, 0.1) is 11.7 Å². The third-order valence-electron chi connectivity index (χ3n) is 5.27. The summed E-state index contributed by atoms with van der Waals surface area (Å²) in [5.74, 6) is -1.05. The van der Waals surface area contributed by atoms with Crippen LogP contribution in [-0.2, 0) is 11.0 Å². The van der Waals surface area contributed by atoms with Crippen LogP contribution < -0.4 is 11.1 Å². The molecule has 1 amide bonds. The molecule has 11 heteroatoms. The van der Waals surface area contributed by atoms with Gasteiger partial charge in [0.2, 0.25) is 5.91 Å². The van der Waals surface area contributed by atoms with Crippen molar-refractivity contribution in [3.8, 4) is 0 Å². The van der Waals surface area contributed by atoms with Gasteiger partial charge in [-0.05, 0) is 61.4 Å². The average molecular weight is 501 g/mol. The molecule has 1 fully saturated rings. The summed E-state index contributed by atoms with van der Waals surface area (Å²) in [5, 5.41) is 2.55. The van der Waals surface area contributed by atoms with E-state index in [1.54, 1.807) is 12.1 Å². The van der Waals surface area contributed by atoms with E-state index < -0.39 is 23.9 Å². The lowest BCUT2D eigenvalue weighted by Crippen LogP contribution is -2.43. The monoisotopic (exact) mass is 501 g/mol. The number of hydrogen-bond acceptors (Lipinski definition) is 4. The molecule has 0 radical (unpaired) electrons. The lowest BCUT2D eigenvalue weighted by atomic mass is 9.84. The zero-order chi connectivity index (χ0) is 24.9. The first kappa shape index (κ1) is 25.7. The quantitative estimate of drug-likeness (QED) is 0.360. The molecule has 182 valence electrons. The summed E-state index contributed by atoms with van der Waals surface area (Å²) in [7, 11) is 0. The SMILES string of the molecule is NC(=C(C=Nc1ccc(C(F)(F)F)cc1)CNC(=O)C1CCC1Sc1ccc(F)cc1)C(F)F. The maximum Gasteiger partial charge on any atom is 0.416 e. The van der Waals surface area contributed by atoms with Crippen molar-refractivity contribution in [2.45, 2.75) is 35.6 Å². The van der Waals surface area contributed by atoms with Gasteiger partial charge < -0.3 is 11.1 Å². The molecule has 1 aliphatic carbocycles. The largest absolute Gasteiger partial charge is 0.416 e. The van der Waals surface area contributed by atoms with Crippen molar-refractivity contribution in [2.24, 2.45) is 16.6 Å². The number of alkyl halides is 5. The first-order valence-corrected chi connectivity index (χ1v) is 11.1. The van der Waals surface area contributed by atoms with E-state index in [0.717, 1.165) is 41.8 Å². The third kappa shape index (κ3) is 6.78. The second-order valence-corrected chi connectivity index (χ2v) is 8.91. The number of allylic oxidation sites excluding steroid dienone is 1. The normalized spacial score (nSPS) is 19.1. The number of aliphatic imine (C=N–C) groups is 1. The molecular formula is C23H21F6N3OS. The summed E-state index contributed by atoms with van der Waals surface area (Å²) in [5.41, 5.74) is 3.76. The minimum absolute atomic E-state index is 0.0360. The van der Waals surface area contributed by atoms with Gasteiger partial charge in [-0.15, -0.1) is 11.8 Å². The van der Waals surface area contributed by atoms with E-state index in [1.165, 1.54) is 23.9 Å². The van der Waals surface area contributed by atoms with Crippen LogP contribution in [0.15, 0.2) is 69.7 Å². The Morgan fingerprint density at radius 3 is 2.29 bits per heavy atom. The number of thioether (sulfide) groups is 1. The van der Waals surface area contributed by atoms with Crippen LogP contribution in [0.2, 0.25) is 0 Å². The lowest BCUT2D eigenvalue weighted by molar-refractivity contribution is -0.137. The number of hydrogen-bond donors (Lipinski definition) is 2. The number of nitrogens with zero attached hydrogens (tertiary/aromatic N) is 1. The van der Waals surface area contributed by atoms with E-state index in [-0.39, 0.29) is 40.7 Å². The Morgan fingerprint density at radius 1 is 1.12 bits per heavy atom. The van der Waals surface area contributed by atoms with Gasteiger partial charge >= 0.3 is 6.18 Å². The van der Waals surface area contributed by atoms with E-state index in [2.05, 4.69) is 10.3 Å². The maximum absolute atomic E-state index is 13.2. The van der Waals surface area contributed by atoms with Crippen LogP contribution in [0.5, 0.6) is 0 Å². The Hall–Kier alpha value is -2.95. The molecule has 2 aromatic carbocycles. The van der Waals surface area contributed by atoms with Gasteiger partial charge in [0.25, 0.3) is 6.43 Å². The topological polar surface area (TPSA) is 67.5 Å². The van der Waals surface area contributed by atoms with E-state index >= 15 is 0 Å². The summed E-state index contributed by atoms with van der Waals surface area (Å²) in [6, 6.07) is 9.74. The molecule has 0 aliphatic heterocycles. The molecular weight excluding hydrogens is 480 g/mol. The van der Waals surface area contributed by atoms with Crippen LogP contribution in [0.25, 0.3) is 0 Å². The van der Waals surface area contributed by atoms with E-state index in [0.29, 0.717) is 6.42 Å². The zero-order valence-electron chi connectivity index (χ0n) is 17.7. The fraction of sp³-hybridized carbons (Fsp3) is 0.304. The van der Waals surface area contributed by atoms with Crippen LogP contribution >= 0.6 is 11.8 Å². The lowest BCUT2D eigenvalue weighted by Gasteiger charge is -2.35. The van der Waals surface area contributed by atoms with Crippen molar-refractivity contribution >= 4 is 29.6 Å². The van der Waals surface area contributed by atoms with Crippen LogP contribution in [0.1, 0.15) is 18.4 Å². The molecule has 1 saturated carbocycles. The third-order valence-corrected chi connectivity index (χ3v) is 6.68. The van der Waals surface area contributed by atoms with Crippen molar-refractivity contribution in [1.29, 1.82) is 0 Å². The Morgan fingerprint density at radius 2 is 1.76 bits per heavy atom. The van der Waals surface area contributed by atoms with Crippen molar-refractivity contribution in [2.75, 3.05) is 6.54 Å². The van der Waals surface area contributed by atoms with Crippen LogP contribution in [-0.4, -0.2) is 30.3 Å². The maximum atomic E-state index is 13.2. The number of carbonyl (C=O) groups excluding carboxylic acids is 1. The number of benzene rings is 2. The molecule has 2 unspecified atom stereocenters. The van der Waals surface area contributed by atoms with Crippen molar-refractivity contribution in [1.82, 2.24) is 5.32 Å². The second kappa shape index (κ2) is 11.0. The van der Waals surface area contributed by atoms with Gasteiger partial charge in [-0.1, -0.05) is 0 Å². The number of amides is 1. The number of rotatable bonds is 8. The van der Waals surface area contributed by atoms with Crippen molar-refractivity contribution < 1.29 is 31.1 Å². The first-order valence-electron chi connectivity index (χ1n) is 10.2. The average Bonchev–Trinajstić information content (AvgIpc) is 2.77. The van der Waals surface area contributed by atoms with Gasteiger partial charge in [-0.3, -0.25) is 9.79 Å². The number of nitrogens with two attached hydrogens (primary N) is 1. The highest BCUT2D eigenvalue weighted by Crippen LogP contribution is 2.41. The fourth-order valence-electron chi connectivity index (χ4n) is 3.16. The summed E-state index contributed by atoms with van der Waals surface area (Å²) in [6.45, 7) is -0.316. The van der Waals surface area contributed by atoms with Gasteiger partial charge in [0.1, 0.15) is 5.82 Å². The van der Waals surface area contributed by atoms with Gasteiger partial charge in [-0.2, -0.15) is 13.2 Å². The predicted molar refractivity (Wildman–Crippen MR) is 119 cm³/mol. The van der Waals surface area contributed by atoms with Gasteiger partial charge in [0.15, 0.2) is 0 Å². The molecule has 2 atom stereocenters. The minimum Gasteiger partial charge on any atom is -0.397 e. The Bertz CT molecular complexity index is 1050. The Balaban J connectivity index is 1.63. The zero-order valence-corrected chi connectivity index (χ0v) is 18.5. The molecule has 0 bridgehead atoms. The van der Waals surface area contributed by atoms with Crippen LogP contribution in [0.4, 0.5) is 32.0 Å². The molecule has 0 saturated heterocycles. The van der Waals surface area contributed by atoms with E-state index in [1.807, 2.05) is 0 Å². The summed E-state index contributed by atoms with van der Waals surface area (Å²) in [4.78, 5) is 17.3. The standard InChI is InChI=1S/C23H21F6N3OS/c24-15-3-7-17(8-4-15)34-19-10-9-18(19)22(33)32-12-13(20(30)21(25)26)11-31-16-5-1-14(2-6-16)23(27,28)29/h1-8,11,18-19,21H,9-10,12,30H2,(H,32,33). The molecule has 0 aromatic heterocycles. The van der Waals surface area contributed by atoms with Gasteiger partial charge in [-0.25, -0.2) is 13.2 Å². The van der Waals surface area contributed by atoms with Gasteiger partial charge in [0.05, 0.1) is 22.9 Å². The highest BCUT2D eigenvalue weighted by molar-refractivity contribution is 8.00. The number of carbonyl (C=O) groups is 1.